The molecule has 2 aromatic rings. The zero-order valence-electron chi connectivity index (χ0n) is 11.7. The summed E-state index contributed by atoms with van der Waals surface area (Å²) in [6.07, 6.45) is 0.372. The van der Waals surface area contributed by atoms with E-state index in [2.05, 4.69) is 10.3 Å². The van der Waals surface area contributed by atoms with Gasteiger partial charge in [-0.05, 0) is 31.5 Å². The lowest BCUT2D eigenvalue weighted by molar-refractivity contribution is -0.120. The molecule has 0 saturated carbocycles. The van der Waals surface area contributed by atoms with Crippen LogP contribution < -0.4 is 10.1 Å². The van der Waals surface area contributed by atoms with Crippen LogP contribution in [0.1, 0.15) is 23.2 Å². The number of ether oxygens (including phenoxy) is 1. The third kappa shape index (κ3) is 4.35. The van der Waals surface area contributed by atoms with E-state index >= 15 is 0 Å². The van der Waals surface area contributed by atoms with Gasteiger partial charge in [-0.1, -0.05) is 12.1 Å². The van der Waals surface area contributed by atoms with Crippen molar-refractivity contribution in [1.29, 1.82) is 0 Å². The van der Waals surface area contributed by atoms with Gasteiger partial charge >= 0.3 is 0 Å². The second kappa shape index (κ2) is 7.05. The number of hydrogen-bond acceptors (Lipinski definition) is 4. The lowest BCUT2D eigenvalue weighted by Crippen LogP contribution is -2.24. The van der Waals surface area contributed by atoms with Crippen LogP contribution in [-0.2, 0) is 17.8 Å². The van der Waals surface area contributed by atoms with Gasteiger partial charge in [-0.15, -0.1) is 11.3 Å². The number of hydrogen-bond donors (Lipinski definition) is 1. The van der Waals surface area contributed by atoms with Crippen LogP contribution in [0.5, 0.6) is 5.75 Å². The number of carbonyl (C=O) groups excluding carboxylic acids is 1. The minimum absolute atomic E-state index is 0.00186. The highest BCUT2D eigenvalue weighted by molar-refractivity contribution is 7.09. The fourth-order valence-corrected chi connectivity index (χ4v) is 2.49. The molecule has 0 aliphatic rings. The SMILES string of the molecule is CCOc1ccc(CC(=O)NCc2nc(C)cs2)cc1. The van der Waals surface area contributed by atoms with Crippen LogP contribution in [0.4, 0.5) is 0 Å². The summed E-state index contributed by atoms with van der Waals surface area (Å²) < 4.78 is 5.37. The van der Waals surface area contributed by atoms with Crippen molar-refractivity contribution in [2.75, 3.05) is 6.61 Å². The molecule has 1 heterocycles. The number of thiazole rings is 1. The van der Waals surface area contributed by atoms with Crippen molar-refractivity contribution in [2.24, 2.45) is 0 Å². The van der Waals surface area contributed by atoms with Crippen LogP contribution in [0.3, 0.4) is 0 Å². The van der Waals surface area contributed by atoms with Crippen molar-refractivity contribution >= 4 is 17.2 Å². The van der Waals surface area contributed by atoms with Gasteiger partial charge < -0.3 is 10.1 Å². The van der Waals surface area contributed by atoms with Gasteiger partial charge in [0.25, 0.3) is 0 Å². The second-order valence-electron chi connectivity index (χ2n) is 4.41. The molecule has 20 heavy (non-hydrogen) atoms. The van der Waals surface area contributed by atoms with Gasteiger partial charge in [-0.2, -0.15) is 0 Å². The van der Waals surface area contributed by atoms with Gasteiger partial charge in [0.2, 0.25) is 5.91 Å². The molecule has 0 saturated heterocycles. The summed E-state index contributed by atoms with van der Waals surface area (Å²) in [4.78, 5) is 16.1. The van der Waals surface area contributed by atoms with Crippen LogP contribution in [0.2, 0.25) is 0 Å². The summed E-state index contributed by atoms with van der Waals surface area (Å²) in [5.41, 5.74) is 1.96. The highest BCUT2D eigenvalue weighted by atomic mass is 32.1. The molecule has 1 aromatic carbocycles. The topological polar surface area (TPSA) is 51.2 Å². The van der Waals surface area contributed by atoms with E-state index < -0.39 is 0 Å². The number of benzene rings is 1. The summed E-state index contributed by atoms with van der Waals surface area (Å²) in [6.45, 7) is 5.03. The van der Waals surface area contributed by atoms with Crippen LogP contribution in [0.15, 0.2) is 29.6 Å². The molecule has 0 atom stereocenters. The second-order valence-corrected chi connectivity index (χ2v) is 5.36. The highest BCUT2D eigenvalue weighted by Crippen LogP contribution is 2.12. The van der Waals surface area contributed by atoms with Gasteiger partial charge in [0.1, 0.15) is 10.8 Å². The van der Waals surface area contributed by atoms with E-state index in [4.69, 9.17) is 4.74 Å². The molecule has 0 aliphatic carbocycles. The molecule has 0 radical (unpaired) electrons. The molecule has 1 aromatic heterocycles. The Bertz CT molecular complexity index is 564. The average molecular weight is 290 g/mol. The summed E-state index contributed by atoms with van der Waals surface area (Å²) >= 11 is 1.56. The van der Waals surface area contributed by atoms with Crippen LogP contribution in [0, 0.1) is 6.92 Å². The molecule has 4 nitrogen and oxygen atoms in total. The van der Waals surface area contributed by atoms with E-state index in [1.54, 1.807) is 11.3 Å². The Balaban J connectivity index is 1.81. The third-order valence-electron chi connectivity index (χ3n) is 2.70. The van der Waals surface area contributed by atoms with Crippen LogP contribution >= 0.6 is 11.3 Å². The van der Waals surface area contributed by atoms with Crippen molar-refractivity contribution in [3.05, 3.63) is 45.9 Å². The predicted molar refractivity (Wildman–Crippen MR) is 80.0 cm³/mol. The van der Waals surface area contributed by atoms with Crippen molar-refractivity contribution in [2.45, 2.75) is 26.8 Å². The van der Waals surface area contributed by atoms with Gasteiger partial charge in [0, 0.05) is 11.1 Å². The zero-order valence-corrected chi connectivity index (χ0v) is 12.5. The van der Waals surface area contributed by atoms with E-state index in [0.29, 0.717) is 19.6 Å². The number of nitrogens with zero attached hydrogens (tertiary/aromatic N) is 1. The number of amides is 1. The zero-order chi connectivity index (χ0) is 14.4. The maximum absolute atomic E-state index is 11.8. The Kier molecular flexibility index (Phi) is 5.12. The van der Waals surface area contributed by atoms with E-state index in [9.17, 15) is 4.79 Å². The number of nitrogens with one attached hydrogen (secondary N) is 1. The Morgan fingerprint density at radius 3 is 2.70 bits per heavy atom. The average Bonchev–Trinajstić information content (AvgIpc) is 2.85. The fourth-order valence-electron chi connectivity index (χ4n) is 1.78. The first-order valence-electron chi connectivity index (χ1n) is 6.57. The molecule has 0 unspecified atom stereocenters. The molecule has 1 amide bonds. The normalized spacial score (nSPS) is 10.3. The van der Waals surface area contributed by atoms with Crippen molar-refractivity contribution in [1.82, 2.24) is 10.3 Å². The van der Waals surface area contributed by atoms with Crippen molar-refractivity contribution in [3.8, 4) is 5.75 Å². The Hall–Kier alpha value is -1.88. The summed E-state index contributed by atoms with van der Waals surface area (Å²) in [5, 5.41) is 5.79. The number of aryl methyl sites for hydroxylation is 1. The molecule has 2 rings (SSSR count). The molecule has 0 bridgehead atoms. The Labute approximate surface area is 122 Å². The molecular formula is C15H18N2O2S. The monoisotopic (exact) mass is 290 g/mol. The molecule has 0 fully saturated rings. The number of aromatic nitrogens is 1. The van der Waals surface area contributed by atoms with E-state index in [1.807, 2.05) is 43.5 Å². The predicted octanol–water partition coefficient (Wildman–Crippen LogP) is 2.71. The van der Waals surface area contributed by atoms with Crippen molar-refractivity contribution < 1.29 is 9.53 Å². The largest absolute Gasteiger partial charge is 0.494 e. The molecule has 0 aliphatic heterocycles. The molecule has 106 valence electrons. The summed E-state index contributed by atoms with van der Waals surface area (Å²) in [6, 6.07) is 7.60. The van der Waals surface area contributed by atoms with Crippen LogP contribution in [0.25, 0.3) is 0 Å². The lowest BCUT2D eigenvalue weighted by atomic mass is 10.1. The summed E-state index contributed by atoms with van der Waals surface area (Å²) in [5.74, 6) is 0.830. The van der Waals surface area contributed by atoms with Gasteiger partial charge in [0.05, 0.1) is 19.6 Å². The van der Waals surface area contributed by atoms with Gasteiger partial charge in [0.15, 0.2) is 0 Å². The Morgan fingerprint density at radius 2 is 2.10 bits per heavy atom. The van der Waals surface area contributed by atoms with Gasteiger partial charge in [-0.25, -0.2) is 4.98 Å². The molecule has 5 heteroatoms. The smallest absolute Gasteiger partial charge is 0.224 e. The van der Waals surface area contributed by atoms with E-state index in [-0.39, 0.29) is 5.91 Å². The Morgan fingerprint density at radius 1 is 1.35 bits per heavy atom. The van der Waals surface area contributed by atoms with E-state index in [0.717, 1.165) is 22.0 Å². The molecule has 1 N–H and O–H groups in total. The van der Waals surface area contributed by atoms with Gasteiger partial charge in [-0.3, -0.25) is 4.79 Å². The fraction of sp³-hybridized carbons (Fsp3) is 0.333. The molecule has 0 spiro atoms. The first kappa shape index (κ1) is 14.5. The first-order valence-corrected chi connectivity index (χ1v) is 7.44. The minimum atomic E-state index is 0.00186. The number of carbonyl (C=O) groups is 1. The maximum Gasteiger partial charge on any atom is 0.224 e. The van der Waals surface area contributed by atoms with E-state index in [1.165, 1.54) is 0 Å². The van der Waals surface area contributed by atoms with Crippen molar-refractivity contribution in [3.63, 3.8) is 0 Å². The highest BCUT2D eigenvalue weighted by Gasteiger charge is 2.05. The third-order valence-corrected chi connectivity index (χ3v) is 3.67. The standard InChI is InChI=1S/C15H18N2O2S/c1-3-19-13-6-4-12(5-7-13)8-14(18)16-9-15-17-11(2)10-20-15/h4-7,10H,3,8-9H2,1-2H3,(H,16,18). The maximum atomic E-state index is 11.8. The first-order chi connectivity index (χ1) is 9.67. The quantitative estimate of drug-likeness (QED) is 0.890. The minimum Gasteiger partial charge on any atom is -0.494 e. The lowest BCUT2D eigenvalue weighted by Gasteiger charge is -2.05. The van der Waals surface area contributed by atoms with Crippen LogP contribution in [-0.4, -0.2) is 17.5 Å². The summed E-state index contributed by atoms with van der Waals surface area (Å²) in [7, 11) is 0. The number of rotatable bonds is 6. The molecular weight excluding hydrogens is 272 g/mol.